The number of piperidine rings is 1. The molecule has 3 rings (SSSR count). The van der Waals surface area contributed by atoms with E-state index in [1.807, 2.05) is 11.8 Å². The van der Waals surface area contributed by atoms with Crippen LogP contribution in [0.25, 0.3) is 0 Å². The summed E-state index contributed by atoms with van der Waals surface area (Å²) in [6.07, 6.45) is 5.74. The molecule has 23 heavy (non-hydrogen) atoms. The van der Waals surface area contributed by atoms with Crippen LogP contribution in [0.5, 0.6) is 0 Å². The maximum Gasteiger partial charge on any atom is 0.259 e. The highest BCUT2D eigenvalue weighted by Crippen LogP contribution is 2.26. The lowest BCUT2D eigenvalue weighted by molar-refractivity contribution is 0.0463. The fourth-order valence-electron chi connectivity index (χ4n) is 3.94. The lowest BCUT2D eigenvalue weighted by atomic mass is 9.89. The van der Waals surface area contributed by atoms with Gasteiger partial charge in [-0.1, -0.05) is 12.1 Å². The SMILES string of the molecule is CCc1oncc1C(=O)N1C[C@H](CO)C[C@@H](CN2CCCC2)C1. The third kappa shape index (κ3) is 3.75. The van der Waals surface area contributed by atoms with E-state index >= 15 is 0 Å². The van der Waals surface area contributed by atoms with Gasteiger partial charge in [0.1, 0.15) is 11.3 Å². The highest BCUT2D eigenvalue weighted by Gasteiger charge is 2.32. The van der Waals surface area contributed by atoms with Crippen LogP contribution in [0.15, 0.2) is 10.7 Å². The minimum atomic E-state index is -0.00679. The summed E-state index contributed by atoms with van der Waals surface area (Å²) < 4.78 is 5.16. The van der Waals surface area contributed by atoms with Gasteiger partial charge in [0.05, 0.1) is 6.20 Å². The van der Waals surface area contributed by atoms with Crippen molar-refractivity contribution in [2.75, 3.05) is 39.3 Å². The van der Waals surface area contributed by atoms with E-state index < -0.39 is 0 Å². The average molecular weight is 321 g/mol. The number of rotatable bonds is 5. The lowest BCUT2D eigenvalue weighted by Crippen LogP contribution is -2.47. The van der Waals surface area contributed by atoms with E-state index in [-0.39, 0.29) is 18.4 Å². The van der Waals surface area contributed by atoms with Crippen LogP contribution in [-0.2, 0) is 6.42 Å². The van der Waals surface area contributed by atoms with Gasteiger partial charge in [-0.25, -0.2) is 0 Å². The molecule has 1 N–H and O–H groups in total. The van der Waals surface area contributed by atoms with Crippen LogP contribution in [0.3, 0.4) is 0 Å². The molecule has 1 amide bonds. The van der Waals surface area contributed by atoms with Crippen LogP contribution >= 0.6 is 0 Å². The van der Waals surface area contributed by atoms with Gasteiger partial charge < -0.3 is 19.4 Å². The van der Waals surface area contributed by atoms with Crippen LogP contribution in [0.4, 0.5) is 0 Å². The molecule has 3 heterocycles. The molecule has 0 unspecified atom stereocenters. The minimum absolute atomic E-state index is 0.00679. The molecular weight excluding hydrogens is 294 g/mol. The van der Waals surface area contributed by atoms with E-state index in [1.54, 1.807) is 0 Å². The molecule has 2 aliphatic heterocycles. The van der Waals surface area contributed by atoms with E-state index in [1.165, 1.54) is 32.1 Å². The van der Waals surface area contributed by atoms with E-state index in [9.17, 15) is 9.90 Å². The number of carbonyl (C=O) groups excluding carboxylic acids is 1. The molecule has 128 valence electrons. The maximum absolute atomic E-state index is 12.8. The van der Waals surface area contributed by atoms with Crippen molar-refractivity contribution in [3.63, 3.8) is 0 Å². The van der Waals surface area contributed by atoms with Gasteiger partial charge in [0.2, 0.25) is 0 Å². The molecular formula is C17H27N3O3. The second-order valence-electron chi connectivity index (χ2n) is 6.88. The molecule has 0 radical (unpaired) electrons. The number of hydrogen-bond acceptors (Lipinski definition) is 5. The first kappa shape index (κ1) is 16.5. The Hall–Kier alpha value is -1.40. The Morgan fingerprint density at radius 1 is 1.35 bits per heavy atom. The number of amides is 1. The maximum atomic E-state index is 12.8. The molecule has 6 nitrogen and oxygen atoms in total. The molecule has 2 aliphatic rings. The van der Waals surface area contributed by atoms with E-state index in [4.69, 9.17) is 4.52 Å². The Morgan fingerprint density at radius 2 is 2.09 bits per heavy atom. The highest BCUT2D eigenvalue weighted by molar-refractivity contribution is 5.95. The highest BCUT2D eigenvalue weighted by atomic mass is 16.5. The van der Waals surface area contributed by atoms with E-state index in [0.29, 0.717) is 30.2 Å². The number of likely N-dealkylation sites (tertiary alicyclic amines) is 2. The molecule has 0 bridgehead atoms. The summed E-state index contributed by atoms with van der Waals surface area (Å²) in [4.78, 5) is 17.2. The summed E-state index contributed by atoms with van der Waals surface area (Å²) in [6.45, 7) is 6.86. The monoisotopic (exact) mass is 321 g/mol. The van der Waals surface area contributed by atoms with Gasteiger partial charge in [-0.3, -0.25) is 4.79 Å². The number of aliphatic hydroxyl groups is 1. The summed E-state index contributed by atoms with van der Waals surface area (Å²) in [5.41, 5.74) is 0.575. The zero-order valence-electron chi connectivity index (χ0n) is 13.9. The molecule has 1 aromatic heterocycles. The van der Waals surface area contributed by atoms with Gasteiger partial charge in [0.15, 0.2) is 0 Å². The molecule has 6 heteroatoms. The Labute approximate surface area is 137 Å². The predicted molar refractivity (Wildman–Crippen MR) is 86.1 cm³/mol. The first-order valence-electron chi connectivity index (χ1n) is 8.77. The molecule has 0 saturated carbocycles. The van der Waals surface area contributed by atoms with Crippen LogP contribution in [0.2, 0.25) is 0 Å². The zero-order valence-corrected chi connectivity index (χ0v) is 13.9. The lowest BCUT2D eigenvalue weighted by Gasteiger charge is -2.38. The Morgan fingerprint density at radius 3 is 2.78 bits per heavy atom. The summed E-state index contributed by atoms with van der Waals surface area (Å²) in [5, 5.41) is 13.4. The van der Waals surface area contributed by atoms with Gasteiger partial charge >= 0.3 is 0 Å². The van der Waals surface area contributed by atoms with E-state index in [0.717, 1.165) is 19.5 Å². The minimum Gasteiger partial charge on any atom is -0.396 e. The van der Waals surface area contributed by atoms with Gasteiger partial charge in [-0.05, 0) is 44.2 Å². The summed E-state index contributed by atoms with van der Waals surface area (Å²) >= 11 is 0. The smallest absolute Gasteiger partial charge is 0.259 e. The van der Waals surface area contributed by atoms with Crippen LogP contribution < -0.4 is 0 Å². The fourth-order valence-corrected chi connectivity index (χ4v) is 3.94. The molecule has 2 saturated heterocycles. The summed E-state index contributed by atoms with van der Waals surface area (Å²) in [5.74, 6) is 1.25. The largest absolute Gasteiger partial charge is 0.396 e. The first-order valence-corrected chi connectivity index (χ1v) is 8.77. The number of carbonyl (C=O) groups is 1. The fraction of sp³-hybridized carbons (Fsp3) is 0.765. The second kappa shape index (κ2) is 7.45. The van der Waals surface area contributed by atoms with Crippen molar-refractivity contribution in [1.29, 1.82) is 0 Å². The van der Waals surface area contributed by atoms with Crippen molar-refractivity contribution in [1.82, 2.24) is 15.0 Å². The third-order valence-corrected chi connectivity index (χ3v) is 5.08. The summed E-state index contributed by atoms with van der Waals surface area (Å²) in [7, 11) is 0. The Balaban J connectivity index is 1.68. The quantitative estimate of drug-likeness (QED) is 0.888. The van der Waals surface area contributed by atoms with Crippen molar-refractivity contribution < 1.29 is 14.4 Å². The predicted octanol–water partition coefficient (Wildman–Crippen LogP) is 1.40. The average Bonchev–Trinajstić information content (AvgIpc) is 3.24. The van der Waals surface area contributed by atoms with Gasteiger partial charge in [-0.2, -0.15) is 0 Å². The van der Waals surface area contributed by atoms with Crippen LogP contribution in [0, 0.1) is 11.8 Å². The number of aromatic nitrogens is 1. The number of hydrogen-bond donors (Lipinski definition) is 1. The Bertz CT molecular complexity index is 525. The van der Waals surface area contributed by atoms with Gasteiger partial charge in [0.25, 0.3) is 5.91 Å². The van der Waals surface area contributed by atoms with Crippen LogP contribution in [-0.4, -0.2) is 65.3 Å². The van der Waals surface area contributed by atoms with Crippen molar-refractivity contribution in [3.05, 3.63) is 17.5 Å². The zero-order chi connectivity index (χ0) is 16.2. The van der Waals surface area contributed by atoms with Crippen molar-refractivity contribution in [2.24, 2.45) is 11.8 Å². The second-order valence-corrected chi connectivity index (χ2v) is 6.88. The normalized spacial score (nSPS) is 25.9. The van der Waals surface area contributed by atoms with Crippen molar-refractivity contribution in [2.45, 2.75) is 32.6 Å². The molecule has 2 fully saturated rings. The number of aryl methyl sites for hydroxylation is 1. The first-order chi connectivity index (χ1) is 11.2. The Kier molecular flexibility index (Phi) is 5.33. The van der Waals surface area contributed by atoms with Gasteiger partial charge in [0, 0.05) is 32.7 Å². The van der Waals surface area contributed by atoms with E-state index in [2.05, 4.69) is 10.1 Å². The molecule has 0 aromatic carbocycles. The third-order valence-electron chi connectivity index (χ3n) is 5.08. The molecule has 0 aliphatic carbocycles. The summed E-state index contributed by atoms with van der Waals surface area (Å²) in [6, 6.07) is 0. The molecule has 0 spiro atoms. The molecule has 2 atom stereocenters. The number of nitrogens with zero attached hydrogens (tertiary/aromatic N) is 3. The van der Waals surface area contributed by atoms with Gasteiger partial charge in [-0.15, -0.1) is 0 Å². The van der Waals surface area contributed by atoms with Crippen molar-refractivity contribution in [3.8, 4) is 0 Å². The number of aliphatic hydroxyl groups excluding tert-OH is 1. The standard InChI is InChI=1S/C17H27N3O3/c1-2-16-15(8-18-23-16)17(22)20-10-13(7-14(11-20)12-21)9-19-5-3-4-6-19/h8,13-14,21H,2-7,9-12H2,1H3/t13-,14+/m0/s1. The van der Waals surface area contributed by atoms with Crippen molar-refractivity contribution >= 4 is 5.91 Å². The molecule has 1 aromatic rings. The van der Waals surface area contributed by atoms with Crippen LogP contribution in [0.1, 0.15) is 42.3 Å². The topological polar surface area (TPSA) is 69.8 Å².